The topological polar surface area (TPSA) is 75.7 Å². The number of carbonyl (C=O) groups is 1. The molecule has 1 aliphatic rings. The number of nitrogens with zero attached hydrogens (tertiary/aromatic N) is 4. The highest BCUT2D eigenvalue weighted by atomic mass is 19.4. The summed E-state index contributed by atoms with van der Waals surface area (Å²) in [5, 5.41) is 10.7. The van der Waals surface area contributed by atoms with Gasteiger partial charge in [0.1, 0.15) is 11.5 Å². The van der Waals surface area contributed by atoms with Gasteiger partial charge in [-0.25, -0.2) is 9.50 Å². The van der Waals surface area contributed by atoms with Crippen LogP contribution in [-0.4, -0.2) is 37.0 Å². The fourth-order valence-corrected chi connectivity index (χ4v) is 4.16. The number of carbonyl (C=O) groups excluding carboxylic acids is 1. The van der Waals surface area contributed by atoms with E-state index in [2.05, 4.69) is 20.7 Å². The zero-order chi connectivity index (χ0) is 22.3. The number of imidazole rings is 1. The van der Waals surface area contributed by atoms with Gasteiger partial charge in [-0.2, -0.15) is 18.3 Å². The summed E-state index contributed by atoms with van der Waals surface area (Å²) in [4.78, 5) is 16.2. The van der Waals surface area contributed by atoms with E-state index in [1.165, 1.54) is 4.40 Å². The lowest BCUT2D eigenvalue weighted by Gasteiger charge is -2.30. The average Bonchev–Trinajstić information content (AvgIpc) is 3.40. The van der Waals surface area contributed by atoms with E-state index in [1.54, 1.807) is 35.0 Å². The quantitative estimate of drug-likeness (QED) is 0.498. The zero-order valence-electron chi connectivity index (χ0n) is 17.0. The maximum Gasteiger partial charge on any atom is 0.434 e. The number of hydrogen-bond acceptors (Lipinski definition) is 4. The standard InChI is InChI=1S/C22H21F3N6O/c23-22(24,25)18-13-30-19(5-3-6-20(30)28-18)26-14-7-9-15(10-8-14)27-21(32)17-12-16-4-1-2-11-31(16)29-17/h1-6,11-15,26H,7-10H2,(H,27,32)/t14-,15+. The summed E-state index contributed by atoms with van der Waals surface area (Å²) >= 11 is 0. The molecule has 5 rings (SSSR count). The van der Waals surface area contributed by atoms with Crippen molar-refractivity contribution in [3.05, 3.63) is 66.2 Å². The van der Waals surface area contributed by atoms with Crippen LogP contribution in [0.25, 0.3) is 11.2 Å². The van der Waals surface area contributed by atoms with Crippen molar-refractivity contribution in [2.75, 3.05) is 5.32 Å². The number of halogens is 3. The molecule has 0 radical (unpaired) electrons. The minimum absolute atomic E-state index is 0.0335. The van der Waals surface area contributed by atoms with Crippen molar-refractivity contribution in [3.63, 3.8) is 0 Å². The van der Waals surface area contributed by atoms with Gasteiger partial charge in [-0.1, -0.05) is 12.1 Å². The van der Waals surface area contributed by atoms with E-state index in [-0.39, 0.29) is 23.6 Å². The van der Waals surface area contributed by atoms with Crippen LogP contribution in [0, 0.1) is 0 Å². The van der Waals surface area contributed by atoms with E-state index < -0.39 is 11.9 Å². The number of anilines is 1. The molecule has 4 heterocycles. The molecule has 4 aromatic heterocycles. The van der Waals surface area contributed by atoms with Crippen molar-refractivity contribution in [3.8, 4) is 0 Å². The molecular formula is C22H21F3N6O. The molecule has 0 aliphatic heterocycles. The highest BCUT2D eigenvalue weighted by molar-refractivity contribution is 5.93. The number of fused-ring (bicyclic) bond motifs is 2. The second-order valence-corrected chi connectivity index (χ2v) is 8.03. The van der Waals surface area contributed by atoms with Gasteiger partial charge in [0, 0.05) is 24.5 Å². The van der Waals surface area contributed by atoms with Crippen LogP contribution < -0.4 is 10.6 Å². The third-order valence-corrected chi connectivity index (χ3v) is 5.80. The van der Waals surface area contributed by atoms with E-state index in [4.69, 9.17) is 0 Å². The van der Waals surface area contributed by atoms with Crippen molar-refractivity contribution in [1.29, 1.82) is 0 Å². The van der Waals surface area contributed by atoms with E-state index in [0.29, 0.717) is 11.5 Å². The van der Waals surface area contributed by atoms with Crippen molar-refractivity contribution >= 4 is 22.9 Å². The number of hydrogen-bond donors (Lipinski definition) is 2. The van der Waals surface area contributed by atoms with Crippen LogP contribution in [-0.2, 0) is 6.18 Å². The lowest BCUT2D eigenvalue weighted by molar-refractivity contribution is -0.140. The molecule has 32 heavy (non-hydrogen) atoms. The van der Waals surface area contributed by atoms with Crippen molar-refractivity contribution in [2.24, 2.45) is 0 Å². The summed E-state index contributed by atoms with van der Waals surface area (Å²) in [6.45, 7) is 0. The normalized spacial score (nSPS) is 19.3. The maximum absolute atomic E-state index is 13.0. The number of pyridine rings is 2. The molecule has 1 fully saturated rings. The molecule has 0 saturated heterocycles. The molecule has 0 spiro atoms. The van der Waals surface area contributed by atoms with Gasteiger partial charge in [-0.05, 0) is 56.0 Å². The number of alkyl halides is 3. The Morgan fingerprint density at radius 1 is 1.03 bits per heavy atom. The van der Waals surface area contributed by atoms with E-state index >= 15 is 0 Å². The SMILES string of the molecule is O=C(N[C@H]1CC[C@@H](Nc2cccc3nc(C(F)(F)F)cn23)CC1)c1cc2ccccn2n1. The fraction of sp³-hybridized carbons (Fsp3) is 0.318. The van der Waals surface area contributed by atoms with E-state index in [1.807, 2.05) is 18.2 Å². The number of nitrogens with one attached hydrogen (secondary N) is 2. The third-order valence-electron chi connectivity index (χ3n) is 5.80. The second-order valence-electron chi connectivity index (χ2n) is 8.03. The van der Waals surface area contributed by atoms with Crippen molar-refractivity contribution in [1.82, 2.24) is 24.3 Å². The van der Waals surface area contributed by atoms with Crippen LogP contribution in [0.1, 0.15) is 41.9 Å². The largest absolute Gasteiger partial charge is 0.434 e. The molecule has 7 nitrogen and oxygen atoms in total. The Hall–Kier alpha value is -3.56. The van der Waals surface area contributed by atoms with Gasteiger partial charge in [-0.3, -0.25) is 9.20 Å². The first-order valence-corrected chi connectivity index (χ1v) is 10.4. The molecule has 0 unspecified atom stereocenters. The van der Waals surface area contributed by atoms with Crippen LogP contribution in [0.4, 0.5) is 19.0 Å². The highest BCUT2D eigenvalue weighted by Gasteiger charge is 2.34. The van der Waals surface area contributed by atoms with Gasteiger partial charge in [0.15, 0.2) is 11.4 Å². The van der Waals surface area contributed by atoms with Crippen molar-refractivity contribution < 1.29 is 18.0 Å². The first-order chi connectivity index (χ1) is 15.4. The Morgan fingerprint density at radius 2 is 1.81 bits per heavy atom. The molecule has 1 aliphatic carbocycles. The molecule has 10 heteroatoms. The van der Waals surface area contributed by atoms with Gasteiger partial charge in [0.05, 0.1) is 5.52 Å². The molecule has 2 N–H and O–H groups in total. The van der Waals surface area contributed by atoms with Gasteiger partial charge < -0.3 is 10.6 Å². The van der Waals surface area contributed by atoms with Crippen molar-refractivity contribution in [2.45, 2.75) is 43.9 Å². The molecular weight excluding hydrogens is 421 g/mol. The molecule has 0 bridgehead atoms. The number of rotatable bonds is 4. The van der Waals surface area contributed by atoms with E-state index in [0.717, 1.165) is 37.4 Å². The number of amides is 1. The van der Waals surface area contributed by atoms with Gasteiger partial charge in [0.2, 0.25) is 0 Å². The van der Waals surface area contributed by atoms with Crippen LogP contribution in [0.2, 0.25) is 0 Å². The molecule has 1 saturated carbocycles. The Bertz CT molecular complexity index is 1240. The molecule has 0 aromatic carbocycles. The van der Waals surface area contributed by atoms with Crippen LogP contribution in [0.3, 0.4) is 0 Å². The molecule has 0 atom stereocenters. The smallest absolute Gasteiger partial charge is 0.368 e. The Morgan fingerprint density at radius 3 is 2.56 bits per heavy atom. The monoisotopic (exact) mass is 442 g/mol. The number of aromatic nitrogens is 4. The minimum atomic E-state index is -4.49. The first kappa shape index (κ1) is 20.3. The summed E-state index contributed by atoms with van der Waals surface area (Å²) < 4.78 is 42.1. The minimum Gasteiger partial charge on any atom is -0.368 e. The lowest BCUT2D eigenvalue weighted by Crippen LogP contribution is -2.40. The lowest BCUT2D eigenvalue weighted by atomic mass is 9.91. The first-order valence-electron chi connectivity index (χ1n) is 10.4. The molecule has 166 valence electrons. The predicted molar refractivity (Wildman–Crippen MR) is 113 cm³/mol. The average molecular weight is 442 g/mol. The molecule has 1 amide bonds. The van der Waals surface area contributed by atoms with Gasteiger partial charge in [0.25, 0.3) is 5.91 Å². The Kier molecular flexibility index (Phi) is 4.99. The van der Waals surface area contributed by atoms with Gasteiger partial charge in [-0.15, -0.1) is 0 Å². The van der Waals surface area contributed by atoms with E-state index in [9.17, 15) is 18.0 Å². The summed E-state index contributed by atoms with van der Waals surface area (Å²) in [7, 11) is 0. The third kappa shape index (κ3) is 4.00. The maximum atomic E-state index is 13.0. The summed E-state index contributed by atoms with van der Waals surface area (Å²) in [5.41, 5.74) is 0.567. The summed E-state index contributed by atoms with van der Waals surface area (Å²) in [6, 6.07) is 12.5. The van der Waals surface area contributed by atoms with Crippen LogP contribution >= 0.6 is 0 Å². The van der Waals surface area contributed by atoms with Gasteiger partial charge >= 0.3 is 6.18 Å². The highest BCUT2D eigenvalue weighted by Crippen LogP contribution is 2.30. The zero-order valence-corrected chi connectivity index (χ0v) is 17.0. The van der Waals surface area contributed by atoms with Crippen LogP contribution in [0.5, 0.6) is 0 Å². The second kappa shape index (κ2) is 7.85. The summed E-state index contributed by atoms with van der Waals surface area (Å²) in [6.07, 6.45) is 1.43. The summed E-state index contributed by atoms with van der Waals surface area (Å²) in [5.74, 6) is 0.371. The molecule has 4 aromatic rings. The van der Waals surface area contributed by atoms with Crippen LogP contribution in [0.15, 0.2) is 54.9 Å². The predicted octanol–water partition coefficient (Wildman–Crippen LogP) is 4.15. The fourth-order valence-electron chi connectivity index (χ4n) is 4.16. The Balaban J connectivity index is 1.21. The Labute approximate surface area is 181 Å².